The molecule has 0 saturated heterocycles. The number of carbonyl (C=O) groups excluding carboxylic acids is 2. The molecule has 0 spiro atoms. The smallest absolute Gasteiger partial charge is 0.410 e. The van der Waals surface area contributed by atoms with E-state index in [1.54, 1.807) is 18.2 Å². The predicted molar refractivity (Wildman–Crippen MR) is 97.0 cm³/mol. The summed E-state index contributed by atoms with van der Waals surface area (Å²) in [5, 5.41) is 7.59. The second-order valence-electron chi connectivity index (χ2n) is 5.91. The van der Waals surface area contributed by atoms with Gasteiger partial charge in [-0.2, -0.15) is 0 Å². The van der Waals surface area contributed by atoms with Crippen molar-refractivity contribution in [1.29, 1.82) is 0 Å². The summed E-state index contributed by atoms with van der Waals surface area (Å²) in [5.74, 6) is 0.461. The second kappa shape index (κ2) is 6.28. The van der Waals surface area contributed by atoms with Gasteiger partial charge in [-0.3, -0.25) is 10.1 Å². The average molecular weight is 332 g/mol. The molecule has 1 aliphatic heterocycles. The van der Waals surface area contributed by atoms with E-state index in [0.29, 0.717) is 24.3 Å². The fourth-order valence-corrected chi connectivity index (χ4v) is 3.00. The molecule has 5 heteroatoms. The molecule has 0 fully saturated rings. The molecule has 3 aromatic carbocycles. The fraction of sp³-hybridized carbons (Fsp3) is 0.100. The predicted octanol–water partition coefficient (Wildman–Crippen LogP) is 4.34. The lowest BCUT2D eigenvalue weighted by Gasteiger charge is -2.17. The van der Waals surface area contributed by atoms with E-state index in [0.717, 1.165) is 22.0 Å². The van der Waals surface area contributed by atoms with Crippen molar-refractivity contribution in [3.63, 3.8) is 0 Å². The van der Waals surface area contributed by atoms with Gasteiger partial charge in [-0.25, -0.2) is 4.79 Å². The Hall–Kier alpha value is -3.34. The van der Waals surface area contributed by atoms with Crippen molar-refractivity contribution in [2.75, 3.05) is 10.6 Å². The lowest BCUT2D eigenvalue weighted by Crippen LogP contribution is -2.20. The summed E-state index contributed by atoms with van der Waals surface area (Å²) in [7, 11) is 0. The van der Waals surface area contributed by atoms with Gasteiger partial charge in [0.05, 0.1) is 5.69 Å². The Morgan fingerprint density at radius 3 is 2.76 bits per heavy atom. The van der Waals surface area contributed by atoms with Crippen LogP contribution in [0.15, 0.2) is 60.7 Å². The topological polar surface area (TPSA) is 67.4 Å². The zero-order valence-corrected chi connectivity index (χ0v) is 13.4. The van der Waals surface area contributed by atoms with Crippen molar-refractivity contribution in [3.8, 4) is 5.75 Å². The first-order chi connectivity index (χ1) is 12.2. The highest BCUT2D eigenvalue weighted by Crippen LogP contribution is 2.27. The first kappa shape index (κ1) is 15.2. The van der Waals surface area contributed by atoms with E-state index in [2.05, 4.69) is 10.6 Å². The molecule has 1 aliphatic rings. The van der Waals surface area contributed by atoms with Crippen LogP contribution < -0.4 is 15.4 Å². The molecule has 0 saturated carbocycles. The Balaban J connectivity index is 1.51. The molecule has 0 aliphatic carbocycles. The van der Waals surface area contributed by atoms with Crippen molar-refractivity contribution in [3.05, 3.63) is 66.2 Å². The first-order valence-corrected chi connectivity index (χ1v) is 8.08. The number of nitrogens with one attached hydrogen (secondary N) is 2. The van der Waals surface area contributed by atoms with E-state index in [1.165, 1.54) is 0 Å². The Morgan fingerprint density at radius 1 is 1.00 bits per heavy atom. The van der Waals surface area contributed by atoms with Gasteiger partial charge in [0.15, 0.2) is 0 Å². The summed E-state index contributed by atoms with van der Waals surface area (Å²) in [6, 6.07) is 18.8. The number of hydrogen-bond donors (Lipinski definition) is 2. The van der Waals surface area contributed by atoms with Crippen LogP contribution in [0.5, 0.6) is 5.75 Å². The Kier molecular flexibility index (Phi) is 3.82. The molecule has 0 radical (unpaired) electrons. The maximum absolute atomic E-state index is 12.2. The van der Waals surface area contributed by atoms with E-state index < -0.39 is 6.09 Å². The van der Waals surface area contributed by atoms with E-state index in [-0.39, 0.29) is 5.91 Å². The van der Waals surface area contributed by atoms with Crippen LogP contribution in [0.2, 0.25) is 0 Å². The lowest BCUT2D eigenvalue weighted by molar-refractivity contribution is -0.116. The number of hydrogen-bond acceptors (Lipinski definition) is 3. The van der Waals surface area contributed by atoms with Gasteiger partial charge in [0.1, 0.15) is 5.75 Å². The summed E-state index contributed by atoms with van der Waals surface area (Å²) < 4.78 is 5.40. The van der Waals surface area contributed by atoms with Crippen LogP contribution in [-0.2, 0) is 11.2 Å². The zero-order chi connectivity index (χ0) is 17.2. The fourth-order valence-electron chi connectivity index (χ4n) is 3.00. The number of aryl methyl sites for hydroxylation is 1. The highest BCUT2D eigenvalue weighted by molar-refractivity contribution is 6.00. The molecule has 3 aromatic rings. The van der Waals surface area contributed by atoms with Crippen LogP contribution in [0.3, 0.4) is 0 Å². The van der Waals surface area contributed by atoms with Crippen LogP contribution in [-0.4, -0.2) is 12.0 Å². The van der Waals surface area contributed by atoms with Crippen molar-refractivity contribution in [2.24, 2.45) is 0 Å². The number of carbonyl (C=O) groups is 2. The van der Waals surface area contributed by atoms with Gasteiger partial charge in [0.2, 0.25) is 5.91 Å². The second-order valence-corrected chi connectivity index (χ2v) is 5.91. The third-order valence-corrected chi connectivity index (χ3v) is 4.21. The molecular formula is C20H16N2O3. The van der Waals surface area contributed by atoms with Gasteiger partial charge in [-0.1, -0.05) is 36.4 Å². The van der Waals surface area contributed by atoms with E-state index in [9.17, 15) is 9.59 Å². The van der Waals surface area contributed by atoms with Crippen LogP contribution in [0, 0.1) is 0 Å². The molecule has 25 heavy (non-hydrogen) atoms. The third kappa shape index (κ3) is 3.17. The molecule has 0 unspecified atom stereocenters. The normalized spacial score (nSPS) is 13.0. The van der Waals surface area contributed by atoms with E-state index in [1.807, 2.05) is 42.5 Å². The van der Waals surface area contributed by atoms with Gasteiger partial charge in [-0.15, -0.1) is 0 Å². The number of fused-ring (bicyclic) bond motifs is 2. The van der Waals surface area contributed by atoms with Crippen molar-refractivity contribution < 1.29 is 14.3 Å². The number of anilines is 2. The first-order valence-electron chi connectivity index (χ1n) is 8.08. The number of amides is 2. The van der Waals surface area contributed by atoms with Gasteiger partial charge in [-0.05, 0) is 41.6 Å². The van der Waals surface area contributed by atoms with Gasteiger partial charge in [0, 0.05) is 17.5 Å². The molecule has 0 aromatic heterocycles. The maximum atomic E-state index is 12.2. The highest BCUT2D eigenvalue weighted by Gasteiger charge is 2.16. The average Bonchev–Trinajstić information content (AvgIpc) is 2.62. The maximum Gasteiger partial charge on any atom is 0.417 e. The minimum atomic E-state index is -0.545. The summed E-state index contributed by atoms with van der Waals surface area (Å²) in [4.78, 5) is 23.6. The number of benzene rings is 3. The third-order valence-electron chi connectivity index (χ3n) is 4.21. The quantitative estimate of drug-likeness (QED) is 0.734. The SMILES string of the molecule is O=C1CCc2cc(OC(=O)Nc3cccc4ccccc34)ccc2N1. The summed E-state index contributed by atoms with van der Waals surface area (Å²) in [5.41, 5.74) is 2.45. The molecule has 0 bridgehead atoms. The molecule has 2 N–H and O–H groups in total. The molecule has 5 nitrogen and oxygen atoms in total. The summed E-state index contributed by atoms with van der Waals surface area (Å²) >= 11 is 0. The van der Waals surface area contributed by atoms with E-state index >= 15 is 0 Å². The van der Waals surface area contributed by atoms with E-state index in [4.69, 9.17) is 4.74 Å². The standard InChI is InChI=1S/C20H16N2O3/c23-19-11-8-14-12-15(9-10-17(14)21-19)25-20(24)22-18-7-3-5-13-4-1-2-6-16(13)18/h1-7,9-10,12H,8,11H2,(H,21,23)(H,22,24). The molecule has 4 rings (SSSR count). The van der Waals surface area contributed by atoms with Gasteiger partial charge < -0.3 is 10.1 Å². The number of ether oxygens (including phenoxy) is 1. The Labute approximate surface area is 144 Å². The summed E-state index contributed by atoms with van der Waals surface area (Å²) in [6.07, 6.45) is 0.540. The summed E-state index contributed by atoms with van der Waals surface area (Å²) in [6.45, 7) is 0. The zero-order valence-electron chi connectivity index (χ0n) is 13.4. The van der Waals surface area contributed by atoms with Crippen molar-refractivity contribution in [1.82, 2.24) is 0 Å². The molecule has 2 amide bonds. The van der Waals surface area contributed by atoms with Crippen LogP contribution in [0.4, 0.5) is 16.2 Å². The minimum Gasteiger partial charge on any atom is -0.410 e. The van der Waals surface area contributed by atoms with Crippen LogP contribution in [0.25, 0.3) is 10.8 Å². The lowest BCUT2D eigenvalue weighted by atomic mass is 10.0. The monoisotopic (exact) mass is 332 g/mol. The van der Waals surface area contributed by atoms with Gasteiger partial charge >= 0.3 is 6.09 Å². The van der Waals surface area contributed by atoms with Crippen molar-refractivity contribution >= 4 is 34.1 Å². The minimum absolute atomic E-state index is 0.00914. The molecule has 1 heterocycles. The van der Waals surface area contributed by atoms with Crippen LogP contribution in [0.1, 0.15) is 12.0 Å². The van der Waals surface area contributed by atoms with Crippen LogP contribution >= 0.6 is 0 Å². The Bertz CT molecular complexity index is 976. The Morgan fingerprint density at radius 2 is 1.84 bits per heavy atom. The van der Waals surface area contributed by atoms with Gasteiger partial charge in [0.25, 0.3) is 0 Å². The molecular weight excluding hydrogens is 316 g/mol. The highest BCUT2D eigenvalue weighted by atomic mass is 16.6. The molecule has 0 atom stereocenters. The largest absolute Gasteiger partial charge is 0.417 e. The van der Waals surface area contributed by atoms with Crippen molar-refractivity contribution in [2.45, 2.75) is 12.8 Å². The number of rotatable bonds is 2. The molecule has 124 valence electrons.